The minimum absolute atomic E-state index is 0.184. The number of imide groups is 1. The fraction of sp³-hybridized carbons (Fsp3) is 0.200. The van der Waals surface area contributed by atoms with Gasteiger partial charge in [-0.2, -0.15) is 13.2 Å². The fourth-order valence-corrected chi connectivity index (χ4v) is 8.14. The first kappa shape index (κ1) is 28.7. The predicted molar refractivity (Wildman–Crippen MR) is 156 cm³/mol. The summed E-state index contributed by atoms with van der Waals surface area (Å²) >= 11 is 1.86. The van der Waals surface area contributed by atoms with Crippen LogP contribution in [-0.4, -0.2) is 34.6 Å². The maximum atomic E-state index is 13.9. The molecule has 0 spiro atoms. The molecule has 43 heavy (non-hydrogen) atoms. The number of methoxy groups -OCH3 is 1. The van der Waals surface area contributed by atoms with Crippen molar-refractivity contribution in [3.8, 4) is 5.75 Å². The monoisotopic (exact) mass is 625 g/mol. The Morgan fingerprint density at radius 2 is 1.67 bits per heavy atom. The number of rotatable bonds is 6. The van der Waals surface area contributed by atoms with E-state index in [0.29, 0.717) is 26.9 Å². The van der Waals surface area contributed by atoms with Gasteiger partial charge >= 0.3 is 11.0 Å². The summed E-state index contributed by atoms with van der Waals surface area (Å²) in [6, 6.07) is 19.6. The third-order valence-electron chi connectivity index (χ3n) is 7.32. The number of thioether (sulfide) groups is 1. The first-order chi connectivity index (χ1) is 20.6. The van der Waals surface area contributed by atoms with Gasteiger partial charge in [-0.3, -0.25) is 23.7 Å². The molecule has 0 saturated carbocycles. The van der Waals surface area contributed by atoms with Gasteiger partial charge in [0, 0.05) is 16.5 Å². The van der Waals surface area contributed by atoms with Gasteiger partial charge in [-0.15, -0.1) is 0 Å². The number of hydrogen-bond acceptors (Lipinski definition) is 7. The largest absolute Gasteiger partial charge is 0.497 e. The Labute approximate surface area is 251 Å². The van der Waals surface area contributed by atoms with Crippen LogP contribution in [0.4, 0.5) is 24.5 Å². The van der Waals surface area contributed by atoms with Crippen LogP contribution in [0.15, 0.2) is 88.7 Å². The van der Waals surface area contributed by atoms with E-state index in [4.69, 9.17) is 4.74 Å². The summed E-state index contributed by atoms with van der Waals surface area (Å²) in [6.45, 7) is -0.335. The normalized spacial score (nSPS) is 19.6. The van der Waals surface area contributed by atoms with Crippen molar-refractivity contribution in [3.05, 3.63) is 105 Å². The number of ether oxygens (including phenoxy) is 1. The van der Waals surface area contributed by atoms with Crippen molar-refractivity contribution in [2.75, 3.05) is 17.3 Å². The summed E-state index contributed by atoms with van der Waals surface area (Å²) in [6.07, 6.45) is -4.67. The lowest BCUT2D eigenvalue weighted by atomic mass is 9.83. The third-order valence-corrected chi connectivity index (χ3v) is 9.92. The first-order valence-corrected chi connectivity index (χ1v) is 14.7. The number of alkyl halides is 3. The molecule has 2 aliphatic heterocycles. The molecule has 3 heterocycles. The number of carbonyl (C=O) groups is 3. The number of thiazole rings is 1. The van der Waals surface area contributed by atoms with Crippen LogP contribution >= 0.6 is 23.1 Å². The Kier molecular flexibility index (Phi) is 7.38. The lowest BCUT2D eigenvalue weighted by Gasteiger charge is -2.30. The number of anilines is 2. The highest BCUT2D eigenvalue weighted by molar-refractivity contribution is 8.00. The molecule has 2 aliphatic rings. The van der Waals surface area contributed by atoms with Crippen molar-refractivity contribution < 1.29 is 32.3 Å². The number of halogens is 3. The summed E-state index contributed by atoms with van der Waals surface area (Å²) in [5.41, 5.74) is -0.0122. The average Bonchev–Trinajstić information content (AvgIpc) is 3.43. The van der Waals surface area contributed by atoms with Crippen molar-refractivity contribution in [2.45, 2.75) is 28.9 Å². The molecule has 220 valence electrons. The number of aromatic nitrogens is 1. The maximum absolute atomic E-state index is 13.9. The van der Waals surface area contributed by atoms with Crippen LogP contribution in [0.2, 0.25) is 0 Å². The van der Waals surface area contributed by atoms with Crippen molar-refractivity contribution in [1.82, 2.24) is 4.57 Å². The standard InChI is InChI=1S/C30H22F3N3O5S2/c1-41-20-12-10-16(11-13-20)22-23-24(27(39)36(26(23)38)19-9-5-6-17(14-19)30(31,32)33)42-28-25(22)43-29(40)35(28)15-21(37)34-18-7-3-2-4-8-18/h2-14,22-24H,15H2,1H3,(H,34,37)/t22-,23-,24+/m0/s1. The van der Waals surface area contributed by atoms with Crippen molar-refractivity contribution in [3.63, 3.8) is 0 Å². The van der Waals surface area contributed by atoms with E-state index in [0.717, 1.165) is 46.2 Å². The highest BCUT2D eigenvalue weighted by Crippen LogP contribution is 2.54. The van der Waals surface area contributed by atoms with Crippen molar-refractivity contribution in [2.24, 2.45) is 5.92 Å². The Hall–Kier alpha value is -4.36. The number of carbonyl (C=O) groups excluding carboxylic acids is 3. The number of fused-ring (bicyclic) bond motifs is 2. The Morgan fingerprint density at radius 3 is 2.35 bits per heavy atom. The van der Waals surface area contributed by atoms with E-state index in [-0.39, 0.29) is 12.2 Å². The van der Waals surface area contributed by atoms with E-state index < -0.39 is 51.4 Å². The maximum Gasteiger partial charge on any atom is 0.416 e. The molecule has 0 aliphatic carbocycles. The van der Waals surface area contributed by atoms with Gasteiger partial charge in [0.2, 0.25) is 17.7 Å². The molecule has 13 heteroatoms. The summed E-state index contributed by atoms with van der Waals surface area (Å²) < 4.78 is 47.0. The smallest absolute Gasteiger partial charge is 0.416 e. The number of nitrogens with zero attached hydrogens (tertiary/aromatic N) is 2. The average molecular weight is 626 g/mol. The molecule has 1 aromatic heterocycles. The number of hydrogen-bond donors (Lipinski definition) is 1. The lowest BCUT2D eigenvalue weighted by molar-refractivity contribution is -0.137. The zero-order valence-electron chi connectivity index (χ0n) is 22.3. The van der Waals surface area contributed by atoms with Gasteiger partial charge < -0.3 is 10.1 Å². The molecule has 3 aromatic carbocycles. The molecular formula is C30H22F3N3O5S2. The molecule has 4 aromatic rings. The van der Waals surface area contributed by atoms with Crippen LogP contribution < -0.4 is 19.8 Å². The van der Waals surface area contributed by atoms with Gasteiger partial charge in [0.15, 0.2) is 0 Å². The second kappa shape index (κ2) is 11.0. The van der Waals surface area contributed by atoms with Crippen LogP contribution in [0.3, 0.4) is 0 Å². The molecule has 3 amide bonds. The zero-order chi connectivity index (χ0) is 30.5. The van der Waals surface area contributed by atoms with Crippen LogP contribution in [0.5, 0.6) is 5.75 Å². The third kappa shape index (κ3) is 5.23. The SMILES string of the molecule is COc1ccc([C@@H]2c3sc(=O)n(CC(=O)Nc4ccccc4)c3S[C@H]3C(=O)N(c4cccc(C(F)(F)F)c4)C(=O)[C@@H]23)cc1. The molecule has 0 bridgehead atoms. The van der Waals surface area contributed by atoms with Crippen LogP contribution in [0.25, 0.3) is 0 Å². The number of benzene rings is 3. The van der Waals surface area contributed by atoms with Gasteiger partial charge in [0.05, 0.1) is 29.3 Å². The Morgan fingerprint density at radius 1 is 0.953 bits per heavy atom. The second-order valence-corrected chi connectivity index (χ2v) is 12.0. The molecule has 0 radical (unpaired) electrons. The van der Waals surface area contributed by atoms with E-state index in [9.17, 15) is 32.3 Å². The van der Waals surface area contributed by atoms with E-state index in [2.05, 4.69) is 5.32 Å². The van der Waals surface area contributed by atoms with Crippen LogP contribution in [0, 0.1) is 5.92 Å². The number of para-hydroxylation sites is 1. The highest BCUT2D eigenvalue weighted by Gasteiger charge is 2.57. The summed E-state index contributed by atoms with van der Waals surface area (Å²) in [5.74, 6) is -3.04. The molecule has 1 N–H and O–H groups in total. The molecular weight excluding hydrogens is 603 g/mol. The lowest BCUT2D eigenvalue weighted by Crippen LogP contribution is -2.33. The zero-order valence-corrected chi connectivity index (χ0v) is 24.0. The minimum atomic E-state index is -4.67. The summed E-state index contributed by atoms with van der Waals surface area (Å²) in [5, 5.41) is 2.06. The quantitative estimate of drug-likeness (QED) is 0.290. The van der Waals surface area contributed by atoms with Gasteiger partial charge in [-0.1, -0.05) is 59.5 Å². The van der Waals surface area contributed by atoms with Gasteiger partial charge in [0.25, 0.3) is 0 Å². The van der Waals surface area contributed by atoms with Crippen LogP contribution in [-0.2, 0) is 27.1 Å². The molecule has 3 atom stereocenters. The van der Waals surface area contributed by atoms with Crippen LogP contribution in [0.1, 0.15) is 21.9 Å². The van der Waals surface area contributed by atoms with Crippen molar-refractivity contribution >= 4 is 52.2 Å². The second-order valence-electron chi connectivity index (χ2n) is 9.91. The first-order valence-electron chi connectivity index (χ1n) is 13.0. The number of nitrogens with one attached hydrogen (secondary N) is 1. The Bertz CT molecular complexity index is 1790. The molecule has 0 unspecified atom stereocenters. The van der Waals surface area contributed by atoms with Crippen molar-refractivity contribution in [1.29, 1.82) is 0 Å². The van der Waals surface area contributed by atoms with E-state index in [1.165, 1.54) is 17.7 Å². The molecule has 8 nitrogen and oxygen atoms in total. The van der Waals surface area contributed by atoms with E-state index in [1.807, 2.05) is 0 Å². The molecule has 1 fully saturated rings. The summed E-state index contributed by atoms with van der Waals surface area (Å²) in [7, 11) is 1.50. The minimum Gasteiger partial charge on any atom is -0.497 e. The van der Waals surface area contributed by atoms with Gasteiger partial charge in [-0.25, -0.2) is 4.90 Å². The number of amides is 3. The van der Waals surface area contributed by atoms with Gasteiger partial charge in [-0.05, 0) is 48.0 Å². The topological polar surface area (TPSA) is 97.7 Å². The molecule has 6 rings (SSSR count). The van der Waals surface area contributed by atoms with Gasteiger partial charge in [0.1, 0.15) is 17.5 Å². The Balaban J connectivity index is 1.42. The van der Waals surface area contributed by atoms with E-state index >= 15 is 0 Å². The summed E-state index contributed by atoms with van der Waals surface area (Å²) in [4.78, 5) is 54.8. The predicted octanol–water partition coefficient (Wildman–Crippen LogP) is 5.37. The van der Waals surface area contributed by atoms with E-state index in [1.54, 1.807) is 54.6 Å². The molecule has 1 saturated heterocycles. The fourth-order valence-electron chi connectivity index (χ4n) is 5.37. The highest BCUT2D eigenvalue weighted by atomic mass is 32.2.